The lowest BCUT2D eigenvalue weighted by molar-refractivity contribution is -0.142. The van der Waals surface area contributed by atoms with Crippen molar-refractivity contribution in [3.8, 4) is 5.75 Å². The average molecular weight is 312 g/mol. The van der Waals surface area contributed by atoms with Crippen molar-refractivity contribution in [2.24, 2.45) is 0 Å². The zero-order valence-electron chi connectivity index (χ0n) is 13.1. The van der Waals surface area contributed by atoms with E-state index in [2.05, 4.69) is 0 Å². The van der Waals surface area contributed by atoms with Crippen molar-refractivity contribution in [2.45, 2.75) is 20.5 Å². The molecule has 0 radical (unpaired) electrons. The maximum Gasteiger partial charge on any atom is 0.302 e. The number of aryl methyl sites for hydroxylation is 1. The van der Waals surface area contributed by atoms with Crippen molar-refractivity contribution in [1.29, 1.82) is 0 Å². The molecule has 3 aromatic rings. The van der Waals surface area contributed by atoms with Crippen molar-refractivity contribution >= 4 is 27.9 Å². The Labute approximate surface area is 132 Å². The van der Waals surface area contributed by atoms with Crippen LogP contribution in [-0.4, -0.2) is 13.1 Å². The molecule has 5 nitrogen and oxygen atoms in total. The van der Waals surface area contributed by atoms with E-state index in [1.807, 2.05) is 6.92 Å². The Morgan fingerprint density at radius 3 is 2.70 bits per heavy atom. The third-order valence-electron chi connectivity index (χ3n) is 3.78. The second-order valence-electron chi connectivity index (χ2n) is 5.29. The van der Waals surface area contributed by atoms with E-state index in [0.717, 1.165) is 5.56 Å². The van der Waals surface area contributed by atoms with Gasteiger partial charge in [0.05, 0.1) is 12.5 Å². The number of para-hydroxylation sites is 1. The Bertz CT molecular complexity index is 968. The Balaban J connectivity index is 2.42. The second kappa shape index (κ2) is 5.76. The van der Waals surface area contributed by atoms with Crippen LogP contribution in [0.5, 0.6) is 5.75 Å². The number of methoxy groups -OCH3 is 1. The first kappa shape index (κ1) is 15.1. The number of carbonyl (C=O) groups is 1. The summed E-state index contributed by atoms with van der Waals surface area (Å²) >= 11 is 0. The second-order valence-corrected chi connectivity index (χ2v) is 5.29. The molecule has 5 heteroatoms. The molecule has 0 saturated carbocycles. The number of hydrogen-bond donors (Lipinski definition) is 0. The van der Waals surface area contributed by atoms with Crippen molar-refractivity contribution in [1.82, 2.24) is 0 Å². The van der Waals surface area contributed by atoms with Gasteiger partial charge in [-0.3, -0.25) is 9.59 Å². The Morgan fingerprint density at radius 2 is 2.00 bits per heavy atom. The molecule has 0 amide bonds. The van der Waals surface area contributed by atoms with Gasteiger partial charge < -0.3 is 13.9 Å². The van der Waals surface area contributed by atoms with Crippen LogP contribution in [0.2, 0.25) is 0 Å². The topological polar surface area (TPSA) is 65.7 Å². The smallest absolute Gasteiger partial charge is 0.302 e. The molecule has 1 heterocycles. The van der Waals surface area contributed by atoms with Crippen LogP contribution >= 0.6 is 0 Å². The molecule has 0 spiro atoms. The van der Waals surface area contributed by atoms with Crippen molar-refractivity contribution in [2.75, 3.05) is 7.11 Å². The van der Waals surface area contributed by atoms with E-state index >= 15 is 0 Å². The predicted molar refractivity (Wildman–Crippen MR) is 86.7 cm³/mol. The summed E-state index contributed by atoms with van der Waals surface area (Å²) < 4.78 is 16.4. The number of ether oxygens (including phenoxy) is 2. The molecule has 0 unspecified atom stereocenters. The summed E-state index contributed by atoms with van der Waals surface area (Å²) in [5, 5.41) is 0.847. The summed E-state index contributed by atoms with van der Waals surface area (Å²) in [5.74, 6) is 0.0556. The predicted octanol–water partition coefficient (Wildman–Crippen LogP) is 3.33. The molecule has 23 heavy (non-hydrogen) atoms. The molecule has 0 aliphatic carbocycles. The Hall–Kier alpha value is -2.82. The fraction of sp³-hybridized carbons (Fsp3) is 0.222. The lowest BCUT2D eigenvalue weighted by atomic mass is 10.0. The normalized spacial score (nSPS) is 10.9. The number of esters is 1. The van der Waals surface area contributed by atoms with Gasteiger partial charge in [0.25, 0.3) is 0 Å². The van der Waals surface area contributed by atoms with Gasteiger partial charge in [-0.1, -0.05) is 12.1 Å². The van der Waals surface area contributed by atoms with Crippen molar-refractivity contribution in [3.63, 3.8) is 0 Å². The first-order valence-electron chi connectivity index (χ1n) is 7.18. The molecule has 1 aromatic heterocycles. The van der Waals surface area contributed by atoms with Crippen LogP contribution < -0.4 is 10.2 Å². The summed E-state index contributed by atoms with van der Waals surface area (Å²) in [6.45, 7) is 3.24. The van der Waals surface area contributed by atoms with Crippen LogP contribution in [-0.2, 0) is 16.1 Å². The molecule has 0 bridgehead atoms. The lowest BCUT2D eigenvalue weighted by Crippen LogP contribution is -2.08. The lowest BCUT2D eigenvalue weighted by Gasteiger charge is -2.13. The van der Waals surface area contributed by atoms with Gasteiger partial charge in [-0.25, -0.2) is 0 Å². The molecule has 0 saturated heterocycles. The summed E-state index contributed by atoms with van der Waals surface area (Å²) in [5.41, 5.74) is 2.21. The standard InChI is InChI=1S/C18H16O5/c1-10-8-15(21-3)16-17(20)12-6-4-5-7-14(12)23-18(16)13(10)9-22-11(2)19/h4-8H,9H2,1-3H3. The van der Waals surface area contributed by atoms with E-state index in [-0.39, 0.29) is 12.0 Å². The van der Waals surface area contributed by atoms with Gasteiger partial charge in [-0.2, -0.15) is 0 Å². The fourth-order valence-electron chi connectivity index (χ4n) is 2.63. The molecule has 2 aromatic carbocycles. The summed E-state index contributed by atoms with van der Waals surface area (Å²) in [6, 6.07) is 8.79. The van der Waals surface area contributed by atoms with Crippen LogP contribution in [0.15, 0.2) is 39.5 Å². The van der Waals surface area contributed by atoms with Gasteiger partial charge in [-0.05, 0) is 30.7 Å². The molecule has 118 valence electrons. The molecule has 0 N–H and O–H groups in total. The third kappa shape index (κ3) is 2.54. The number of benzene rings is 2. The molecule has 0 atom stereocenters. The summed E-state index contributed by atoms with van der Waals surface area (Å²) in [4.78, 5) is 23.9. The van der Waals surface area contributed by atoms with Gasteiger partial charge in [0.15, 0.2) is 0 Å². The highest BCUT2D eigenvalue weighted by Crippen LogP contribution is 2.32. The zero-order valence-corrected chi connectivity index (χ0v) is 13.1. The quantitative estimate of drug-likeness (QED) is 0.548. The van der Waals surface area contributed by atoms with Gasteiger partial charge in [0, 0.05) is 12.5 Å². The third-order valence-corrected chi connectivity index (χ3v) is 3.78. The number of carbonyl (C=O) groups excluding carboxylic acids is 1. The minimum absolute atomic E-state index is 0.0446. The van der Waals surface area contributed by atoms with Crippen LogP contribution in [0.1, 0.15) is 18.1 Å². The molecular weight excluding hydrogens is 296 g/mol. The van der Waals surface area contributed by atoms with Crippen LogP contribution in [0, 0.1) is 6.92 Å². The molecular formula is C18H16O5. The van der Waals surface area contributed by atoms with E-state index in [1.165, 1.54) is 14.0 Å². The van der Waals surface area contributed by atoms with Crippen molar-refractivity contribution < 1.29 is 18.7 Å². The fourth-order valence-corrected chi connectivity index (χ4v) is 2.63. The summed E-state index contributed by atoms with van der Waals surface area (Å²) in [7, 11) is 1.51. The molecule has 0 aliphatic rings. The highest BCUT2D eigenvalue weighted by molar-refractivity contribution is 5.95. The highest BCUT2D eigenvalue weighted by atomic mass is 16.5. The largest absolute Gasteiger partial charge is 0.496 e. The Kier molecular flexibility index (Phi) is 3.78. The van der Waals surface area contributed by atoms with E-state index in [4.69, 9.17) is 13.9 Å². The minimum Gasteiger partial charge on any atom is -0.496 e. The molecule has 3 rings (SSSR count). The highest BCUT2D eigenvalue weighted by Gasteiger charge is 2.18. The number of rotatable bonds is 3. The molecule has 0 aliphatic heterocycles. The van der Waals surface area contributed by atoms with Gasteiger partial charge in [0.2, 0.25) is 5.43 Å². The van der Waals surface area contributed by atoms with Gasteiger partial charge in [0.1, 0.15) is 28.9 Å². The Morgan fingerprint density at radius 1 is 1.26 bits per heavy atom. The monoisotopic (exact) mass is 312 g/mol. The van der Waals surface area contributed by atoms with Crippen molar-refractivity contribution in [3.05, 3.63) is 51.7 Å². The van der Waals surface area contributed by atoms with Crippen LogP contribution in [0.4, 0.5) is 0 Å². The minimum atomic E-state index is -0.392. The van der Waals surface area contributed by atoms with E-state index in [9.17, 15) is 9.59 Å². The first-order valence-corrected chi connectivity index (χ1v) is 7.18. The maximum atomic E-state index is 12.8. The summed E-state index contributed by atoms with van der Waals surface area (Å²) in [6.07, 6.45) is 0. The molecule has 0 fully saturated rings. The van der Waals surface area contributed by atoms with Crippen LogP contribution in [0.3, 0.4) is 0 Å². The van der Waals surface area contributed by atoms with Crippen LogP contribution in [0.25, 0.3) is 21.9 Å². The SMILES string of the molecule is COc1cc(C)c(COC(C)=O)c2oc3ccccc3c(=O)c12. The van der Waals surface area contributed by atoms with Gasteiger partial charge in [-0.15, -0.1) is 0 Å². The average Bonchev–Trinajstić information content (AvgIpc) is 2.53. The van der Waals surface area contributed by atoms with E-state index in [0.29, 0.717) is 33.3 Å². The number of fused-ring (bicyclic) bond motifs is 2. The first-order chi connectivity index (χ1) is 11.0. The van der Waals surface area contributed by atoms with Gasteiger partial charge >= 0.3 is 5.97 Å². The van der Waals surface area contributed by atoms with E-state index in [1.54, 1.807) is 30.3 Å². The number of hydrogen-bond acceptors (Lipinski definition) is 5. The maximum absolute atomic E-state index is 12.8. The zero-order chi connectivity index (χ0) is 16.6. The van der Waals surface area contributed by atoms with E-state index < -0.39 is 5.97 Å².